The second-order valence-corrected chi connectivity index (χ2v) is 5.32. The Morgan fingerprint density at radius 2 is 2.00 bits per heavy atom. The lowest BCUT2D eigenvalue weighted by molar-refractivity contribution is -0.152. The van der Waals surface area contributed by atoms with Gasteiger partial charge in [-0.3, -0.25) is 0 Å². The van der Waals surface area contributed by atoms with Crippen molar-refractivity contribution in [2.24, 2.45) is 5.92 Å². The van der Waals surface area contributed by atoms with E-state index in [9.17, 15) is 13.2 Å². The van der Waals surface area contributed by atoms with Crippen molar-refractivity contribution in [1.29, 1.82) is 0 Å². The molecule has 1 aromatic carbocycles. The van der Waals surface area contributed by atoms with Gasteiger partial charge in [0.25, 0.3) is 0 Å². The van der Waals surface area contributed by atoms with Crippen LogP contribution in [0, 0.1) is 5.92 Å². The van der Waals surface area contributed by atoms with E-state index in [1.807, 2.05) is 0 Å². The minimum Gasteiger partial charge on any atom is -0.398 e. The fraction of sp³-hybridized carbons (Fsp3) is 0.538. The van der Waals surface area contributed by atoms with Crippen LogP contribution < -0.4 is 5.73 Å². The van der Waals surface area contributed by atoms with Crippen LogP contribution in [0.1, 0.15) is 37.2 Å². The van der Waals surface area contributed by atoms with Gasteiger partial charge in [0.1, 0.15) is 0 Å². The van der Waals surface area contributed by atoms with Crippen molar-refractivity contribution in [3.63, 3.8) is 0 Å². The molecule has 0 aliphatic heterocycles. The summed E-state index contributed by atoms with van der Waals surface area (Å²) in [6.45, 7) is 0. The van der Waals surface area contributed by atoms with E-state index >= 15 is 0 Å². The molecule has 1 atom stereocenters. The molecule has 100 valence electrons. The molecule has 1 saturated carbocycles. The Bertz CT molecular complexity index is 427. The second-order valence-electron chi connectivity index (χ2n) is 4.89. The maximum atomic E-state index is 13.1. The van der Waals surface area contributed by atoms with E-state index in [0.29, 0.717) is 17.4 Å². The Labute approximate surface area is 109 Å². The average molecular weight is 278 g/mol. The van der Waals surface area contributed by atoms with Crippen LogP contribution in [0.2, 0.25) is 5.02 Å². The highest BCUT2D eigenvalue weighted by Gasteiger charge is 2.42. The third-order valence-corrected chi connectivity index (χ3v) is 3.61. The largest absolute Gasteiger partial charge is 0.398 e. The molecule has 0 aromatic heterocycles. The fourth-order valence-corrected chi connectivity index (χ4v) is 2.33. The fourth-order valence-electron chi connectivity index (χ4n) is 2.15. The summed E-state index contributed by atoms with van der Waals surface area (Å²) in [7, 11) is 0. The summed E-state index contributed by atoms with van der Waals surface area (Å²) in [6, 6.07) is 4.28. The van der Waals surface area contributed by atoms with Gasteiger partial charge in [-0.2, -0.15) is 13.2 Å². The molecule has 0 radical (unpaired) electrons. The standard InChI is InChI=1S/C13H15ClF3N/c14-9-4-6-12(18)10(7-9)11(13(15,16)17)5-3-8-1-2-8/h4,6-8,11H,1-3,5,18H2/t11-/m0/s1. The zero-order chi connectivity index (χ0) is 13.3. The lowest BCUT2D eigenvalue weighted by Crippen LogP contribution is -2.22. The highest BCUT2D eigenvalue weighted by Crippen LogP contribution is 2.44. The predicted octanol–water partition coefficient (Wildman–Crippen LogP) is 4.76. The summed E-state index contributed by atoms with van der Waals surface area (Å²) in [5.74, 6) is -1.04. The molecular formula is C13H15ClF3N. The summed E-state index contributed by atoms with van der Waals surface area (Å²) in [5, 5.41) is 0.292. The van der Waals surface area contributed by atoms with E-state index in [1.165, 1.54) is 18.2 Å². The van der Waals surface area contributed by atoms with Gasteiger partial charge in [-0.1, -0.05) is 24.4 Å². The maximum Gasteiger partial charge on any atom is 0.395 e. The van der Waals surface area contributed by atoms with Crippen LogP contribution in [0.3, 0.4) is 0 Å². The molecule has 5 heteroatoms. The van der Waals surface area contributed by atoms with Gasteiger partial charge in [-0.25, -0.2) is 0 Å². The van der Waals surface area contributed by atoms with Gasteiger partial charge in [-0.05, 0) is 42.5 Å². The van der Waals surface area contributed by atoms with Gasteiger partial charge in [0.2, 0.25) is 0 Å². The summed E-state index contributed by atoms with van der Waals surface area (Å²) < 4.78 is 39.3. The SMILES string of the molecule is Nc1ccc(Cl)cc1[C@H](CCC1CC1)C(F)(F)F. The Morgan fingerprint density at radius 1 is 1.33 bits per heavy atom. The van der Waals surface area contributed by atoms with E-state index in [4.69, 9.17) is 17.3 Å². The van der Waals surface area contributed by atoms with Gasteiger partial charge < -0.3 is 5.73 Å². The van der Waals surface area contributed by atoms with Gasteiger partial charge in [0, 0.05) is 10.7 Å². The lowest BCUT2D eigenvalue weighted by atomic mass is 9.91. The molecule has 0 amide bonds. The van der Waals surface area contributed by atoms with Crippen molar-refractivity contribution < 1.29 is 13.2 Å². The van der Waals surface area contributed by atoms with Crippen molar-refractivity contribution in [2.75, 3.05) is 5.73 Å². The molecule has 1 aliphatic rings. The maximum absolute atomic E-state index is 13.1. The Morgan fingerprint density at radius 3 is 2.56 bits per heavy atom. The molecule has 1 fully saturated rings. The highest BCUT2D eigenvalue weighted by molar-refractivity contribution is 6.30. The van der Waals surface area contributed by atoms with E-state index in [-0.39, 0.29) is 17.7 Å². The minimum absolute atomic E-state index is 0.0959. The molecule has 1 nitrogen and oxygen atoms in total. The number of alkyl halides is 3. The molecule has 18 heavy (non-hydrogen) atoms. The first kappa shape index (κ1) is 13.5. The molecule has 2 N–H and O–H groups in total. The van der Waals surface area contributed by atoms with Crippen molar-refractivity contribution in [2.45, 2.75) is 37.8 Å². The zero-order valence-corrected chi connectivity index (χ0v) is 10.6. The van der Waals surface area contributed by atoms with Crippen LogP contribution in [0.15, 0.2) is 18.2 Å². The summed E-state index contributed by atoms with van der Waals surface area (Å²) in [4.78, 5) is 0. The van der Waals surface area contributed by atoms with Crippen LogP contribution in [-0.2, 0) is 0 Å². The van der Waals surface area contributed by atoms with Gasteiger partial charge in [0.15, 0.2) is 0 Å². The van der Waals surface area contributed by atoms with Crippen LogP contribution in [0.4, 0.5) is 18.9 Å². The lowest BCUT2D eigenvalue weighted by Gasteiger charge is -2.22. The number of rotatable bonds is 4. The molecule has 2 rings (SSSR count). The number of anilines is 1. The minimum atomic E-state index is -4.27. The zero-order valence-electron chi connectivity index (χ0n) is 9.80. The molecule has 1 aromatic rings. The quantitative estimate of drug-likeness (QED) is 0.789. The second kappa shape index (κ2) is 5.00. The Kier molecular flexibility index (Phi) is 3.76. The number of benzene rings is 1. The monoisotopic (exact) mass is 277 g/mol. The number of halogens is 4. The van der Waals surface area contributed by atoms with E-state index < -0.39 is 12.1 Å². The number of nitrogens with two attached hydrogens (primary N) is 1. The third-order valence-electron chi connectivity index (χ3n) is 3.38. The highest BCUT2D eigenvalue weighted by atomic mass is 35.5. The number of hydrogen-bond acceptors (Lipinski definition) is 1. The average Bonchev–Trinajstić information content (AvgIpc) is 3.05. The van der Waals surface area contributed by atoms with E-state index in [1.54, 1.807) is 0 Å². The molecular weight excluding hydrogens is 263 g/mol. The van der Waals surface area contributed by atoms with Gasteiger partial charge in [-0.15, -0.1) is 0 Å². The summed E-state index contributed by atoms with van der Waals surface area (Å²) >= 11 is 5.76. The van der Waals surface area contributed by atoms with Crippen molar-refractivity contribution >= 4 is 17.3 Å². The Hall–Kier alpha value is -0.900. The normalized spacial score (nSPS) is 17.8. The summed E-state index contributed by atoms with van der Waals surface area (Å²) in [5.41, 5.74) is 5.92. The molecule has 1 aliphatic carbocycles. The van der Waals surface area contributed by atoms with Crippen LogP contribution in [-0.4, -0.2) is 6.18 Å². The molecule has 0 heterocycles. The first-order chi connectivity index (χ1) is 8.38. The third kappa shape index (κ3) is 3.31. The van der Waals surface area contributed by atoms with E-state index in [2.05, 4.69) is 0 Å². The van der Waals surface area contributed by atoms with Crippen molar-refractivity contribution in [3.8, 4) is 0 Å². The van der Waals surface area contributed by atoms with Crippen molar-refractivity contribution in [3.05, 3.63) is 28.8 Å². The first-order valence-corrected chi connectivity index (χ1v) is 6.37. The molecule has 0 saturated heterocycles. The van der Waals surface area contributed by atoms with Crippen LogP contribution in [0.25, 0.3) is 0 Å². The van der Waals surface area contributed by atoms with Crippen LogP contribution >= 0.6 is 11.6 Å². The molecule has 0 bridgehead atoms. The first-order valence-electron chi connectivity index (χ1n) is 5.99. The van der Waals surface area contributed by atoms with E-state index in [0.717, 1.165) is 12.8 Å². The molecule has 0 spiro atoms. The Balaban J connectivity index is 2.23. The summed E-state index contributed by atoms with van der Waals surface area (Å²) in [6.07, 6.45) is -1.46. The topological polar surface area (TPSA) is 26.0 Å². The number of nitrogen functional groups attached to an aromatic ring is 1. The van der Waals surface area contributed by atoms with Crippen LogP contribution in [0.5, 0.6) is 0 Å². The van der Waals surface area contributed by atoms with Crippen molar-refractivity contribution in [1.82, 2.24) is 0 Å². The van der Waals surface area contributed by atoms with Gasteiger partial charge >= 0.3 is 6.18 Å². The predicted molar refractivity (Wildman–Crippen MR) is 66.6 cm³/mol. The number of hydrogen-bond donors (Lipinski definition) is 1. The molecule has 0 unspecified atom stereocenters. The van der Waals surface area contributed by atoms with Gasteiger partial charge in [0.05, 0.1) is 5.92 Å². The smallest absolute Gasteiger partial charge is 0.395 e.